The third-order valence-electron chi connectivity index (χ3n) is 3.91. The Morgan fingerprint density at radius 1 is 1.25 bits per heavy atom. The van der Waals surface area contributed by atoms with Crippen LogP contribution in [-0.4, -0.2) is 23.3 Å². The van der Waals surface area contributed by atoms with Gasteiger partial charge in [0.15, 0.2) is 5.13 Å². The molecule has 0 aliphatic heterocycles. The average Bonchev–Trinajstić information content (AvgIpc) is 2.96. The Kier molecular flexibility index (Phi) is 4.00. The molecule has 3 rings (SSSR count). The first-order chi connectivity index (χ1) is 9.72. The van der Waals surface area contributed by atoms with Crippen molar-refractivity contribution < 1.29 is 9.59 Å². The molecule has 0 bridgehead atoms. The summed E-state index contributed by atoms with van der Waals surface area (Å²) in [5.41, 5.74) is 1.08. The van der Waals surface area contributed by atoms with Crippen molar-refractivity contribution in [3.05, 3.63) is 11.1 Å². The van der Waals surface area contributed by atoms with Gasteiger partial charge in [-0.15, -0.1) is 11.3 Å². The highest BCUT2D eigenvalue weighted by Gasteiger charge is 2.26. The van der Waals surface area contributed by atoms with E-state index in [1.54, 1.807) is 0 Å². The first kappa shape index (κ1) is 13.5. The smallest absolute Gasteiger partial charge is 0.245 e. The Morgan fingerprint density at radius 3 is 2.70 bits per heavy atom. The molecule has 2 aliphatic rings. The summed E-state index contributed by atoms with van der Waals surface area (Å²) in [7, 11) is 0. The van der Waals surface area contributed by atoms with E-state index in [1.807, 2.05) is 5.38 Å². The molecular weight excluding hydrogens is 274 g/mol. The molecule has 1 aromatic rings. The van der Waals surface area contributed by atoms with Gasteiger partial charge in [-0.2, -0.15) is 0 Å². The van der Waals surface area contributed by atoms with Crippen molar-refractivity contribution in [1.29, 1.82) is 0 Å². The molecule has 2 amide bonds. The Bertz CT molecular complexity index is 504. The predicted molar refractivity (Wildman–Crippen MR) is 77.7 cm³/mol. The summed E-state index contributed by atoms with van der Waals surface area (Å²) >= 11 is 1.45. The number of hydrogen-bond acceptors (Lipinski definition) is 4. The molecule has 1 heterocycles. The number of aromatic nitrogens is 1. The summed E-state index contributed by atoms with van der Waals surface area (Å²) in [6.07, 6.45) is 6.54. The van der Waals surface area contributed by atoms with Crippen molar-refractivity contribution in [3.8, 4) is 0 Å². The molecule has 108 valence electrons. The number of hydrogen-bond donors (Lipinski definition) is 2. The fraction of sp³-hybridized carbons (Fsp3) is 0.643. The number of anilines is 1. The minimum atomic E-state index is -0.201. The summed E-state index contributed by atoms with van der Waals surface area (Å²) < 4.78 is 0. The van der Waals surface area contributed by atoms with E-state index in [0.717, 1.165) is 31.4 Å². The minimum Gasteiger partial charge on any atom is -0.347 e. The highest BCUT2D eigenvalue weighted by molar-refractivity contribution is 7.13. The molecule has 0 saturated heterocycles. The van der Waals surface area contributed by atoms with E-state index in [9.17, 15) is 9.59 Å². The van der Waals surface area contributed by atoms with Gasteiger partial charge < -0.3 is 10.6 Å². The Hall–Kier alpha value is -1.43. The predicted octanol–water partition coefficient (Wildman–Crippen LogP) is 2.27. The first-order valence-electron chi connectivity index (χ1n) is 7.25. The fourth-order valence-electron chi connectivity index (χ4n) is 2.57. The highest BCUT2D eigenvalue weighted by atomic mass is 32.1. The number of nitrogens with one attached hydrogen (secondary N) is 2. The van der Waals surface area contributed by atoms with Gasteiger partial charge in [0.2, 0.25) is 11.8 Å². The van der Waals surface area contributed by atoms with E-state index >= 15 is 0 Å². The lowest BCUT2D eigenvalue weighted by Crippen LogP contribution is -2.36. The zero-order chi connectivity index (χ0) is 13.9. The highest BCUT2D eigenvalue weighted by Crippen LogP contribution is 2.40. The Balaban J connectivity index is 1.42. The van der Waals surface area contributed by atoms with Crippen LogP contribution in [0, 0.1) is 5.92 Å². The topological polar surface area (TPSA) is 71.1 Å². The van der Waals surface area contributed by atoms with E-state index in [-0.39, 0.29) is 24.3 Å². The summed E-state index contributed by atoms with van der Waals surface area (Å²) in [4.78, 5) is 28.0. The average molecular weight is 293 g/mol. The fourth-order valence-corrected chi connectivity index (χ4v) is 3.38. The molecule has 2 fully saturated rings. The van der Waals surface area contributed by atoms with Crippen LogP contribution in [0.25, 0.3) is 0 Å². The molecule has 2 N–H and O–H groups in total. The van der Waals surface area contributed by atoms with Crippen LogP contribution in [-0.2, 0) is 9.59 Å². The van der Waals surface area contributed by atoms with Gasteiger partial charge >= 0.3 is 0 Å². The first-order valence-corrected chi connectivity index (χ1v) is 8.13. The summed E-state index contributed by atoms with van der Waals surface area (Å²) in [6.45, 7) is 0.0354. The number of carbonyl (C=O) groups excluding carboxylic acids is 2. The second-order valence-electron chi connectivity index (χ2n) is 5.60. The second kappa shape index (κ2) is 5.91. The third kappa shape index (κ3) is 3.36. The lowest BCUT2D eigenvalue weighted by molar-refractivity contribution is -0.127. The number of rotatable bonds is 5. The van der Waals surface area contributed by atoms with Crippen molar-refractivity contribution in [1.82, 2.24) is 10.3 Å². The van der Waals surface area contributed by atoms with Crippen molar-refractivity contribution >= 4 is 28.3 Å². The van der Waals surface area contributed by atoms with E-state index in [2.05, 4.69) is 15.6 Å². The molecular formula is C14H19N3O2S. The molecule has 0 unspecified atom stereocenters. The van der Waals surface area contributed by atoms with Gasteiger partial charge in [0.25, 0.3) is 0 Å². The maximum atomic E-state index is 11.8. The van der Waals surface area contributed by atoms with Gasteiger partial charge in [0, 0.05) is 17.2 Å². The zero-order valence-electron chi connectivity index (χ0n) is 11.4. The van der Waals surface area contributed by atoms with Gasteiger partial charge in [0.1, 0.15) is 0 Å². The Labute approximate surface area is 122 Å². The van der Waals surface area contributed by atoms with Crippen molar-refractivity contribution in [2.24, 2.45) is 5.92 Å². The van der Waals surface area contributed by atoms with Crippen molar-refractivity contribution in [2.75, 3.05) is 11.9 Å². The number of nitrogens with zero attached hydrogens (tertiary/aromatic N) is 1. The standard InChI is InChI=1S/C14H19N3O2S/c18-12(7-15-13(19)10-3-1-2-4-10)17-14-16-11(8-20-14)9-5-6-9/h8-10H,1-7H2,(H,15,19)(H,16,17,18). The molecule has 20 heavy (non-hydrogen) atoms. The van der Waals surface area contributed by atoms with Crippen LogP contribution < -0.4 is 10.6 Å². The zero-order valence-corrected chi connectivity index (χ0v) is 12.2. The van der Waals surface area contributed by atoms with Crippen LogP contribution in [0.5, 0.6) is 0 Å². The molecule has 0 aromatic carbocycles. The van der Waals surface area contributed by atoms with Crippen LogP contribution in [0.15, 0.2) is 5.38 Å². The third-order valence-corrected chi connectivity index (χ3v) is 4.69. The normalized spacial score (nSPS) is 19.0. The van der Waals surface area contributed by atoms with E-state index in [1.165, 1.54) is 24.2 Å². The molecule has 0 atom stereocenters. The van der Waals surface area contributed by atoms with Gasteiger partial charge in [-0.3, -0.25) is 9.59 Å². The maximum absolute atomic E-state index is 11.8. The van der Waals surface area contributed by atoms with Crippen LogP contribution in [0.2, 0.25) is 0 Å². The SMILES string of the molecule is O=C(CNC(=O)C1CCCC1)Nc1nc(C2CC2)cs1. The van der Waals surface area contributed by atoms with E-state index < -0.39 is 0 Å². The van der Waals surface area contributed by atoms with Gasteiger partial charge in [-0.1, -0.05) is 12.8 Å². The second-order valence-corrected chi connectivity index (χ2v) is 6.46. The molecule has 0 spiro atoms. The van der Waals surface area contributed by atoms with Crippen LogP contribution >= 0.6 is 11.3 Å². The van der Waals surface area contributed by atoms with Crippen LogP contribution in [0.4, 0.5) is 5.13 Å². The van der Waals surface area contributed by atoms with E-state index in [0.29, 0.717) is 11.0 Å². The molecule has 1 aromatic heterocycles. The van der Waals surface area contributed by atoms with Gasteiger partial charge in [-0.05, 0) is 25.7 Å². The number of amides is 2. The number of carbonyl (C=O) groups is 2. The quantitative estimate of drug-likeness (QED) is 0.875. The summed E-state index contributed by atoms with van der Waals surface area (Å²) in [6, 6.07) is 0. The van der Waals surface area contributed by atoms with E-state index in [4.69, 9.17) is 0 Å². The summed E-state index contributed by atoms with van der Waals surface area (Å²) in [5.74, 6) is 0.506. The Morgan fingerprint density at radius 2 is 2.00 bits per heavy atom. The minimum absolute atomic E-state index is 0.00968. The molecule has 2 saturated carbocycles. The largest absolute Gasteiger partial charge is 0.347 e. The van der Waals surface area contributed by atoms with Gasteiger partial charge in [0.05, 0.1) is 12.2 Å². The molecule has 6 heteroatoms. The lowest BCUT2D eigenvalue weighted by Gasteiger charge is -2.09. The van der Waals surface area contributed by atoms with Crippen molar-refractivity contribution in [2.45, 2.75) is 44.4 Å². The van der Waals surface area contributed by atoms with Gasteiger partial charge in [-0.25, -0.2) is 4.98 Å². The number of thiazole rings is 1. The molecule has 5 nitrogen and oxygen atoms in total. The maximum Gasteiger partial charge on any atom is 0.245 e. The van der Waals surface area contributed by atoms with Crippen molar-refractivity contribution in [3.63, 3.8) is 0 Å². The molecule has 2 aliphatic carbocycles. The van der Waals surface area contributed by atoms with Crippen LogP contribution in [0.3, 0.4) is 0 Å². The summed E-state index contributed by atoms with van der Waals surface area (Å²) in [5, 5.41) is 8.09. The van der Waals surface area contributed by atoms with Crippen LogP contribution in [0.1, 0.15) is 50.1 Å². The lowest BCUT2D eigenvalue weighted by atomic mass is 10.1. The molecule has 0 radical (unpaired) electrons. The monoisotopic (exact) mass is 293 g/mol.